The summed E-state index contributed by atoms with van der Waals surface area (Å²) in [4.78, 5) is 0. The molecule has 1 N–H and O–H groups in total. The van der Waals surface area contributed by atoms with Crippen LogP contribution in [0.1, 0.15) is 51.3 Å². The zero-order chi connectivity index (χ0) is 16.0. The van der Waals surface area contributed by atoms with Crippen molar-refractivity contribution in [3.63, 3.8) is 0 Å². The van der Waals surface area contributed by atoms with E-state index in [9.17, 15) is 5.11 Å². The molecule has 0 aromatic heterocycles. The predicted octanol–water partition coefficient (Wildman–Crippen LogP) is 5.69. The lowest BCUT2D eigenvalue weighted by molar-refractivity contribution is 0.404. The number of phenols is 1. The predicted molar refractivity (Wildman–Crippen MR) is 91.9 cm³/mol. The second-order valence-electron chi connectivity index (χ2n) is 5.77. The van der Waals surface area contributed by atoms with Crippen molar-refractivity contribution in [2.45, 2.75) is 47.0 Å². The molecule has 2 aromatic rings. The van der Waals surface area contributed by atoms with Crippen molar-refractivity contribution in [2.24, 2.45) is 5.92 Å². The lowest BCUT2D eigenvalue weighted by atomic mass is 9.68. The molecule has 0 aliphatic rings. The highest BCUT2D eigenvalue weighted by Crippen LogP contribution is 2.39. The lowest BCUT2D eigenvalue weighted by Gasteiger charge is -2.35. The highest BCUT2D eigenvalue weighted by Gasteiger charge is 2.32. The topological polar surface area (TPSA) is 20.2 Å². The molecule has 0 radical (unpaired) electrons. The van der Waals surface area contributed by atoms with Crippen molar-refractivity contribution in [3.05, 3.63) is 65.2 Å². The van der Waals surface area contributed by atoms with Gasteiger partial charge in [0.15, 0.2) is 0 Å². The Kier molecular flexibility index (Phi) is 6.02. The van der Waals surface area contributed by atoms with E-state index < -0.39 is 0 Å². The first-order chi connectivity index (χ1) is 9.94. The molecule has 0 saturated heterocycles. The van der Waals surface area contributed by atoms with E-state index in [-0.39, 0.29) is 5.41 Å². The van der Waals surface area contributed by atoms with Gasteiger partial charge in [0.1, 0.15) is 5.75 Å². The largest absolute Gasteiger partial charge is 0.508 e. The molecule has 0 heterocycles. The fourth-order valence-electron chi connectivity index (χ4n) is 2.54. The third kappa shape index (κ3) is 3.66. The van der Waals surface area contributed by atoms with Crippen LogP contribution < -0.4 is 0 Å². The summed E-state index contributed by atoms with van der Waals surface area (Å²) in [5.74, 6) is 0.790. The molecule has 0 spiro atoms. The van der Waals surface area contributed by atoms with Gasteiger partial charge in [-0.3, -0.25) is 0 Å². The Labute approximate surface area is 129 Å². The van der Waals surface area contributed by atoms with Crippen LogP contribution in [0.3, 0.4) is 0 Å². The summed E-state index contributed by atoms with van der Waals surface area (Å²) in [5.41, 5.74) is 3.80. The molecule has 1 nitrogen and oxygen atoms in total. The van der Waals surface area contributed by atoms with Crippen molar-refractivity contribution < 1.29 is 5.11 Å². The Balaban J connectivity index is 0.00000106. The summed E-state index contributed by atoms with van der Waals surface area (Å²) in [7, 11) is 0. The van der Waals surface area contributed by atoms with E-state index >= 15 is 0 Å². The maximum absolute atomic E-state index is 9.47. The molecule has 0 aliphatic heterocycles. The van der Waals surface area contributed by atoms with Crippen LogP contribution in [-0.2, 0) is 5.41 Å². The van der Waals surface area contributed by atoms with Crippen LogP contribution in [0, 0.1) is 12.8 Å². The fourth-order valence-corrected chi connectivity index (χ4v) is 2.54. The maximum atomic E-state index is 9.47. The van der Waals surface area contributed by atoms with Crippen LogP contribution in [0.2, 0.25) is 0 Å². The van der Waals surface area contributed by atoms with Crippen LogP contribution in [0.15, 0.2) is 48.5 Å². The SMILES string of the molecule is CC.Cc1ccc(C(C)(c2ccc(O)cc2)C(C)C)cc1. The zero-order valence-electron chi connectivity index (χ0n) is 14.1. The van der Waals surface area contributed by atoms with E-state index in [4.69, 9.17) is 0 Å². The van der Waals surface area contributed by atoms with Gasteiger partial charge in [-0.1, -0.05) is 76.6 Å². The average molecular weight is 284 g/mol. The van der Waals surface area contributed by atoms with Gasteiger partial charge in [0.05, 0.1) is 0 Å². The fraction of sp³-hybridized carbons (Fsp3) is 0.400. The van der Waals surface area contributed by atoms with Crippen molar-refractivity contribution in [3.8, 4) is 5.75 Å². The Morgan fingerprint density at radius 2 is 1.19 bits per heavy atom. The van der Waals surface area contributed by atoms with Crippen LogP contribution >= 0.6 is 0 Å². The molecular formula is C20H28O. The zero-order valence-corrected chi connectivity index (χ0v) is 14.1. The summed E-state index contributed by atoms with van der Waals surface area (Å²) < 4.78 is 0. The van der Waals surface area contributed by atoms with Gasteiger partial charge in [-0.25, -0.2) is 0 Å². The van der Waals surface area contributed by atoms with E-state index in [0.717, 1.165) is 0 Å². The average Bonchev–Trinajstić information content (AvgIpc) is 2.49. The second kappa shape index (κ2) is 7.31. The Bertz CT molecular complexity index is 490. The van der Waals surface area contributed by atoms with Gasteiger partial charge in [0.2, 0.25) is 0 Å². The summed E-state index contributed by atoms with van der Waals surface area (Å²) in [5, 5.41) is 9.47. The molecule has 0 fully saturated rings. The summed E-state index contributed by atoms with van der Waals surface area (Å²) in [6.07, 6.45) is 0. The number of aryl methyl sites for hydroxylation is 1. The number of benzene rings is 2. The van der Waals surface area contributed by atoms with Crippen LogP contribution in [0.4, 0.5) is 0 Å². The number of phenolic OH excluding ortho intramolecular Hbond substituents is 1. The van der Waals surface area contributed by atoms with E-state index in [1.54, 1.807) is 12.1 Å². The molecule has 114 valence electrons. The van der Waals surface area contributed by atoms with Crippen LogP contribution in [0.5, 0.6) is 5.75 Å². The van der Waals surface area contributed by atoms with E-state index in [1.165, 1.54) is 16.7 Å². The Hall–Kier alpha value is -1.76. The summed E-state index contributed by atoms with van der Waals surface area (Å²) in [6.45, 7) is 12.9. The third-order valence-corrected chi connectivity index (χ3v) is 4.27. The van der Waals surface area contributed by atoms with Crippen molar-refractivity contribution in [2.75, 3.05) is 0 Å². The van der Waals surface area contributed by atoms with Crippen molar-refractivity contribution >= 4 is 0 Å². The molecule has 0 amide bonds. The molecule has 0 bridgehead atoms. The Morgan fingerprint density at radius 1 is 0.810 bits per heavy atom. The lowest BCUT2D eigenvalue weighted by Crippen LogP contribution is -2.30. The maximum Gasteiger partial charge on any atom is 0.115 e. The van der Waals surface area contributed by atoms with E-state index in [2.05, 4.69) is 52.0 Å². The minimum atomic E-state index is -0.0403. The first-order valence-electron chi connectivity index (χ1n) is 7.81. The van der Waals surface area contributed by atoms with Gasteiger partial charge in [0, 0.05) is 5.41 Å². The first-order valence-corrected chi connectivity index (χ1v) is 7.81. The summed E-state index contributed by atoms with van der Waals surface area (Å²) >= 11 is 0. The standard InChI is InChI=1S/C18H22O.C2H6/c1-13(2)18(4,15-7-5-14(3)6-8-15)16-9-11-17(19)12-10-16;1-2/h5-13,19H,1-4H3;1-2H3. The molecule has 21 heavy (non-hydrogen) atoms. The molecule has 0 aliphatic carbocycles. The van der Waals surface area contributed by atoms with E-state index in [0.29, 0.717) is 11.7 Å². The molecule has 1 unspecified atom stereocenters. The van der Waals surface area contributed by atoms with Crippen LogP contribution in [0.25, 0.3) is 0 Å². The minimum absolute atomic E-state index is 0.0403. The number of hydrogen-bond donors (Lipinski definition) is 1. The molecular weight excluding hydrogens is 256 g/mol. The van der Waals surface area contributed by atoms with Gasteiger partial charge in [-0.05, 0) is 36.1 Å². The minimum Gasteiger partial charge on any atom is -0.508 e. The van der Waals surface area contributed by atoms with E-state index in [1.807, 2.05) is 26.0 Å². The monoisotopic (exact) mass is 284 g/mol. The summed E-state index contributed by atoms with van der Waals surface area (Å²) in [6, 6.07) is 16.3. The smallest absolute Gasteiger partial charge is 0.115 e. The number of rotatable bonds is 3. The quantitative estimate of drug-likeness (QED) is 0.767. The van der Waals surface area contributed by atoms with Crippen molar-refractivity contribution in [1.29, 1.82) is 0 Å². The van der Waals surface area contributed by atoms with Gasteiger partial charge >= 0.3 is 0 Å². The van der Waals surface area contributed by atoms with Gasteiger partial charge in [0.25, 0.3) is 0 Å². The van der Waals surface area contributed by atoms with Gasteiger partial charge < -0.3 is 5.11 Å². The van der Waals surface area contributed by atoms with Gasteiger partial charge in [-0.2, -0.15) is 0 Å². The molecule has 1 heteroatoms. The number of hydrogen-bond acceptors (Lipinski definition) is 1. The highest BCUT2D eigenvalue weighted by molar-refractivity contribution is 5.41. The second-order valence-corrected chi connectivity index (χ2v) is 5.77. The Morgan fingerprint density at radius 3 is 1.57 bits per heavy atom. The first kappa shape index (κ1) is 17.3. The molecule has 2 aromatic carbocycles. The van der Waals surface area contributed by atoms with Crippen LogP contribution in [-0.4, -0.2) is 5.11 Å². The van der Waals surface area contributed by atoms with Gasteiger partial charge in [-0.15, -0.1) is 0 Å². The molecule has 0 saturated carbocycles. The highest BCUT2D eigenvalue weighted by atomic mass is 16.3. The molecule has 2 rings (SSSR count). The number of aromatic hydroxyl groups is 1. The third-order valence-electron chi connectivity index (χ3n) is 4.27. The normalized spacial score (nSPS) is 13.3. The molecule has 1 atom stereocenters. The van der Waals surface area contributed by atoms with Crippen molar-refractivity contribution in [1.82, 2.24) is 0 Å².